The molecule has 2 aromatic carbocycles. The van der Waals surface area contributed by atoms with Gasteiger partial charge in [-0.2, -0.15) is 72.8 Å². The topological polar surface area (TPSA) is 0 Å². The summed E-state index contributed by atoms with van der Waals surface area (Å²) < 4.78 is 0. The van der Waals surface area contributed by atoms with Crippen LogP contribution in [-0.2, 0) is 26.2 Å². The van der Waals surface area contributed by atoms with Gasteiger partial charge in [-0.25, -0.2) is 0 Å². The third-order valence-electron chi connectivity index (χ3n) is 2.33. The minimum Gasteiger partial charge on any atom is -0.184 e. The molecule has 1 heteroatoms. The van der Waals surface area contributed by atoms with Crippen molar-refractivity contribution in [3.05, 3.63) is 137 Å². The van der Waals surface area contributed by atoms with Crippen LogP contribution in [0.4, 0.5) is 0 Å². The Morgan fingerprint density at radius 2 is 0.522 bits per heavy atom. The first kappa shape index (κ1) is 22.3. The second-order valence-corrected chi connectivity index (χ2v) is 4.08. The first-order chi connectivity index (χ1) is 11.0. The van der Waals surface area contributed by atoms with Gasteiger partial charge in [0.25, 0.3) is 0 Å². The Kier molecular flexibility index (Phi) is 18.8. The fourth-order valence-electron chi connectivity index (χ4n) is 1.33. The van der Waals surface area contributed by atoms with Crippen LogP contribution in [0.5, 0.6) is 0 Å². The Balaban J connectivity index is 0.000000278. The largest absolute Gasteiger partial charge is 4.00 e. The molecule has 0 spiro atoms. The Hall–Kier alpha value is -0.677. The predicted molar refractivity (Wildman–Crippen MR) is 93.6 cm³/mol. The summed E-state index contributed by atoms with van der Waals surface area (Å²) in [6, 6.07) is 25.0. The van der Waals surface area contributed by atoms with Crippen molar-refractivity contribution in [1.29, 1.82) is 0 Å². The van der Waals surface area contributed by atoms with Crippen molar-refractivity contribution in [1.82, 2.24) is 0 Å². The molecule has 0 bridgehead atoms. The van der Waals surface area contributed by atoms with E-state index in [-0.39, 0.29) is 26.2 Å². The molecular formula is C22H20Zr+2. The molecule has 2 saturated carbocycles. The van der Waals surface area contributed by atoms with Crippen molar-refractivity contribution in [2.45, 2.75) is 0 Å². The summed E-state index contributed by atoms with van der Waals surface area (Å²) in [4.78, 5) is 0. The molecule has 0 heterocycles. The van der Waals surface area contributed by atoms with Crippen LogP contribution in [0.2, 0.25) is 0 Å². The average molecular weight is 376 g/mol. The molecule has 0 nitrogen and oxygen atoms in total. The van der Waals surface area contributed by atoms with E-state index in [4.69, 9.17) is 0 Å². The van der Waals surface area contributed by atoms with E-state index in [2.05, 4.69) is 12.1 Å². The van der Waals surface area contributed by atoms with Crippen molar-refractivity contribution in [2.75, 3.05) is 0 Å². The molecule has 0 N–H and O–H groups in total. The first-order valence-electron chi connectivity index (χ1n) is 7.15. The molecule has 2 aliphatic carbocycles. The van der Waals surface area contributed by atoms with E-state index < -0.39 is 0 Å². The third kappa shape index (κ3) is 17.5. The zero-order valence-corrected chi connectivity index (χ0v) is 15.5. The molecule has 2 aliphatic rings. The van der Waals surface area contributed by atoms with Crippen molar-refractivity contribution in [3.63, 3.8) is 0 Å². The summed E-state index contributed by atoms with van der Waals surface area (Å²) in [7, 11) is 0. The molecule has 0 aromatic heterocycles. The van der Waals surface area contributed by atoms with E-state index in [1.165, 1.54) is 0 Å². The molecule has 110 valence electrons. The van der Waals surface area contributed by atoms with Crippen LogP contribution < -0.4 is 0 Å². The maximum absolute atomic E-state index is 2.89. The van der Waals surface area contributed by atoms with E-state index in [1.807, 2.05) is 125 Å². The standard InChI is InChI=1S/2C6H5.2C5H5.Zr/c2*1-2-4-6-5-3-1;2*1-2-4-5-3-1;/h2*1-5H;2*1-5H;/q2*-1;;;+4. The summed E-state index contributed by atoms with van der Waals surface area (Å²) in [5, 5.41) is 0. The van der Waals surface area contributed by atoms with E-state index in [0.29, 0.717) is 0 Å². The Morgan fingerprint density at radius 3 is 0.609 bits per heavy atom. The summed E-state index contributed by atoms with van der Waals surface area (Å²) in [6.07, 6.45) is 20.0. The van der Waals surface area contributed by atoms with Gasteiger partial charge in [-0.3, -0.25) is 0 Å². The van der Waals surface area contributed by atoms with Gasteiger partial charge in [-0.1, -0.05) is 0 Å². The fourth-order valence-corrected chi connectivity index (χ4v) is 1.33. The van der Waals surface area contributed by atoms with Gasteiger partial charge in [-0.05, 0) is 64.2 Å². The van der Waals surface area contributed by atoms with E-state index in [9.17, 15) is 0 Å². The molecule has 10 radical (unpaired) electrons. The van der Waals surface area contributed by atoms with Crippen LogP contribution in [0.3, 0.4) is 0 Å². The molecule has 0 aliphatic heterocycles. The van der Waals surface area contributed by atoms with Gasteiger partial charge >= 0.3 is 26.2 Å². The van der Waals surface area contributed by atoms with Crippen LogP contribution in [0.1, 0.15) is 0 Å². The zero-order valence-electron chi connectivity index (χ0n) is 13.0. The number of rotatable bonds is 0. The third-order valence-corrected chi connectivity index (χ3v) is 2.33. The summed E-state index contributed by atoms with van der Waals surface area (Å²) >= 11 is 0. The summed E-state index contributed by atoms with van der Waals surface area (Å²) in [5.41, 5.74) is 0. The van der Waals surface area contributed by atoms with E-state index in [0.717, 1.165) is 0 Å². The van der Waals surface area contributed by atoms with Gasteiger partial charge in [0.2, 0.25) is 0 Å². The summed E-state index contributed by atoms with van der Waals surface area (Å²) in [6.45, 7) is 0. The van der Waals surface area contributed by atoms with Crippen LogP contribution in [0, 0.1) is 76.3 Å². The second kappa shape index (κ2) is 19.4. The average Bonchev–Trinajstić information content (AvgIpc) is 3.37. The molecule has 0 amide bonds. The normalized spacial score (nSPS) is 14.6. The van der Waals surface area contributed by atoms with Crippen molar-refractivity contribution < 1.29 is 26.2 Å². The van der Waals surface area contributed by atoms with Gasteiger partial charge < -0.3 is 0 Å². The Labute approximate surface area is 162 Å². The zero-order chi connectivity index (χ0) is 15.6. The molecule has 0 saturated heterocycles. The predicted octanol–water partition coefficient (Wildman–Crippen LogP) is 5.01. The molecule has 4 rings (SSSR count). The number of hydrogen-bond donors (Lipinski definition) is 0. The van der Waals surface area contributed by atoms with Gasteiger partial charge in [0.05, 0.1) is 0 Å². The number of hydrogen-bond acceptors (Lipinski definition) is 0. The maximum atomic E-state index is 2.89. The van der Waals surface area contributed by atoms with Crippen molar-refractivity contribution in [3.8, 4) is 0 Å². The molecular weight excluding hydrogens is 355 g/mol. The Morgan fingerprint density at radius 1 is 0.304 bits per heavy atom. The Bertz CT molecular complexity index is 281. The molecule has 2 aromatic rings. The maximum Gasteiger partial charge on any atom is 4.00 e. The SMILES string of the molecule is [CH]1[CH][CH][CH][CH]1.[CH]1[CH][CH][CH][CH]1.[Zr+4].[c-]1ccccc1.[c-]1ccccc1. The van der Waals surface area contributed by atoms with Gasteiger partial charge in [0.15, 0.2) is 0 Å². The minimum absolute atomic E-state index is 0. The molecule has 0 unspecified atom stereocenters. The molecule has 0 atom stereocenters. The second-order valence-electron chi connectivity index (χ2n) is 4.08. The smallest absolute Gasteiger partial charge is 0.184 e. The van der Waals surface area contributed by atoms with Crippen LogP contribution in [-0.4, -0.2) is 0 Å². The summed E-state index contributed by atoms with van der Waals surface area (Å²) in [5.74, 6) is 0. The van der Waals surface area contributed by atoms with Gasteiger partial charge in [0.1, 0.15) is 0 Å². The van der Waals surface area contributed by atoms with E-state index in [1.54, 1.807) is 0 Å². The van der Waals surface area contributed by atoms with Crippen molar-refractivity contribution in [2.24, 2.45) is 0 Å². The monoisotopic (exact) mass is 374 g/mol. The van der Waals surface area contributed by atoms with Crippen LogP contribution in [0.15, 0.2) is 60.7 Å². The molecule has 23 heavy (non-hydrogen) atoms. The number of benzene rings is 2. The van der Waals surface area contributed by atoms with E-state index >= 15 is 0 Å². The van der Waals surface area contributed by atoms with Crippen LogP contribution in [0.25, 0.3) is 0 Å². The minimum atomic E-state index is 0. The molecule has 2 fully saturated rings. The van der Waals surface area contributed by atoms with Gasteiger partial charge in [0, 0.05) is 0 Å². The first-order valence-corrected chi connectivity index (χ1v) is 7.15. The van der Waals surface area contributed by atoms with Crippen LogP contribution >= 0.6 is 0 Å². The van der Waals surface area contributed by atoms with Gasteiger partial charge in [-0.15, -0.1) is 0 Å². The fraction of sp³-hybridized carbons (Fsp3) is 0. The van der Waals surface area contributed by atoms with Crippen molar-refractivity contribution >= 4 is 0 Å². The quantitative estimate of drug-likeness (QED) is 0.568.